The first-order valence-electron chi connectivity index (χ1n) is 9.08. The first-order valence-corrected chi connectivity index (χ1v) is 9.08. The molecule has 2 aromatic rings. The van der Waals surface area contributed by atoms with Gasteiger partial charge in [-0.2, -0.15) is 4.98 Å². The summed E-state index contributed by atoms with van der Waals surface area (Å²) in [5.74, 6) is 2.24. The SMILES string of the molecule is Cc1nc(C2(NC(=O)NC[C@H]3C[C@H]3c3ccccc3)CCCC2)no1. The quantitative estimate of drug-likeness (QED) is 0.875. The number of aryl methyl sites for hydroxylation is 1. The molecule has 2 saturated carbocycles. The van der Waals surface area contributed by atoms with Gasteiger partial charge in [0.15, 0.2) is 5.82 Å². The smallest absolute Gasteiger partial charge is 0.315 e. The maximum atomic E-state index is 12.5. The van der Waals surface area contributed by atoms with E-state index < -0.39 is 5.54 Å². The van der Waals surface area contributed by atoms with Gasteiger partial charge in [-0.15, -0.1) is 0 Å². The van der Waals surface area contributed by atoms with Crippen LogP contribution in [-0.4, -0.2) is 22.7 Å². The van der Waals surface area contributed by atoms with Gasteiger partial charge in [0, 0.05) is 13.5 Å². The lowest BCUT2D eigenvalue weighted by Gasteiger charge is -2.26. The van der Waals surface area contributed by atoms with Crippen molar-refractivity contribution in [1.29, 1.82) is 0 Å². The largest absolute Gasteiger partial charge is 0.340 e. The third-order valence-corrected chi connectivity index (χ3v) is 5.44. The molecule has 0 aliphatic heterocycles. The van der Waals surface area contributed by atoms with Gasteiger partial charge in [-0.05, 0) is 36.7 Å². The molecular formula is C19H24N4O2. The molecule has 1 aromatic carbocycles. The van der Waals surface area contributed by atoms with Gasteiger partial charge < -0.3 is 15.2 Å². The Morgan fingerprint density at radius 1 is 1.28 bits per heavy atom. The lowest BCUT2D eigenvalue weighted by Crippen LogP contribution is -2.49. The zero-order valence-corrected chi connectivity index (χ0v) is 14.5. The van der Waals surface area contributed by atoms with E-state index in [1.165, 1.54) is 5.56 Å². The van der Waals surface area contributed by atoms with Crippen LogP contribution < -0.4 is 10.6 Å². The third kappa shape index (κ3) is 3.38. The molecule has 2 N–H and O–H groups in total. The highest BCUT2D eigenvalue weighted by molar-refractivity contribution is 5.75. The molecule has 2 aliphatic carbocycles. The molecule has 2 fully saturated rings. The van der Waals surface area contributed by atoms with E-state index in [1.54, 1.807) is 6.92 Å². The Hall–Kier alpha value is -2.37. The van der Waals surface area contributed by atoms with E-state index in [-0.39, 0.29) is 6.03 Å². The minimum atomic E-state index is -0.482. The summed E-state index contributed by atoms with van der Waals surface area (Å²) in [6, 6.07) is 10.4. The number of amides is 2. The van der Waals surface area contributed by atoms with Gasteiger partial charge in [0.1, 0.15) is 5.54 Å². The minimum Gasteiger partial charge on any atom is -0.340 e. The molecule has 1 heterocycles. The summed E-state index contributed by atoms with van der Waals surface area (Å²) in [7, 11) is 0. The fourth-order valence-electron chi connectivity index (χ4n) is 3.94. The Bertz CT molecular complexity index is 737. The number of nitrogens with zero attached hydrogens (tertiary/aromatic N) is 2. The van der Waals surface area contributed by atoms with Gasteiger partial charge in [-0.3, -0.25) is 0 Å². The predicted octanol–water partition coefficient (Wildman–Crippen LogP) is 3.25. The molecule has 6 nitrogen and oxygen atoms in total. The second-order valence-corrected chi connectivity index (χ2v) is 7.27. The van der Waals surface area contributed by atoms with E-state index in [4.69, 9.17) is 4.52 Å². The molecule has 6 heteroatoms. The second kappa shape index (κ2) is 6.50. The summed E-state index contributed by atoms with van der Waals surface area (Å²) in [6.45, 7) is 2.47. The van der Waals surface area contributed by atoms with Gasteiger partial charge in [0.2, 0.25) is 5.89 Å². The van der Waals surface area contributed by atoms with Crippen LogP contribution in [-0.2, 0) is 5.54 Å². The fourth-order valence-corrected chi connectivity index (χ4v) is 3.94. The molecule has 132 valence electrons. The van der Waals surface area contributed by atoms with Gasteiger partial charge in [0.05, 0.1) is 0 Å². The van der Waals surface area contributed by atoms with Crippen molar-refractivity contribution in [2.75, 3.05) is 6.54 Å². The number of urea groups is 1. The lowest BCUT2D eigenvalue weighted by molar-refractivity contribution is 0.220. The molecule has 0 spiro atoms. The highest BCUT2D eigenvalue weighted by atomic mass is 16.5. The Labute approximate surface area is 147 Å². The highest BCUT2D eigenvalue weighted by Gasteiger charge is 2.42. The molecule has 2 amide bonds. The van der Waals surface area contributed by atoms with E-state index in [1.807, 2.05) is 6.07 Å². The van der Waals surface area contributed by atoms with Crippen LogP contribution in [0.25, 0.3) is 0 Å². The zero-order chi connectivity index (χ0) is 17.3. The molecular weight excluding hydrogens is 316 g/mol. The van der Waals surface area contributed by atoms with Crippen molar-refractivity contribution >= 4 is 6.03 Å². The second-order valence-electron chi connectivity index (χ2n) is 7.27. The number of nitrogens with one attached hydrogen (secondary N) is 2. The van der Waals surface area contributed by atoms with Crippen molar-refractivity contribution in [3.05, 3.63) is 47.6 Å². The van der Waals surface area contributed by atoms with Crippen LogP contribution in [0.2, 0.25) is 0 Å². The summed E-state index contributed by atoms with van der Waals surface area (Å²) in [4.78, 5) is 16.8. The summed E-state index contributed by atoms with van der Waals surface area (Å²) in [5, 5.41) is 10.2. The first kappa shape index (κ1) is 16.1. The van der Waals surface area contributed by atoms with Gasteiger partial charge >= 0.3 is 6.03 Å². The third-order valence-electron chi connectivity index (χ3n) is 5.44. The van der Waals surface area contributed by atoms with Crippen LogP contribution in [0.15, 0.2) is 34.9 Å². The molecule has 25 heavy (non-hydrogen) atoms. The molecule has 0 saturated heterocycles. The summed E-state index contributed by atoms with van der Waals surface area (Å²) >= 11 is 0. The average Bonchev–Trinajstić information content (AvgIpc) is 3.00. The Morgan fingerprint density at radius 3 is 2.72 bits per heavy atom. The molecule has 1 aromatic heterocycles. The summed E-state index contributed by atoms with van der Waals surface area (Å²) in [6.07, 6.45) is 4.98. The van der Waals surface area contributed by atoms with Gasteiger partial charge in [0.25, 0.3) is 0 Å². The van der Waals surface area contributed by atoms with Crippen LogP contribution in [0.4, 0.5) is 4.79 Å². The van der Waals surface area contributed by atoms with Crippen molar-refractivity contribution < 1.29 is 9.32 Å². The Balaban J connectivity index is 1.33. The van der Waals surface area contributed by atoms with Crippen molar-refractivity contribution in [2.24, 2.45) is 5.92 Å². The lowest BCUT2D eigenvalue weighted by atomic mass is 9.97. The van der Waals surface area contributed by atoms with E-state index in [0.29, 0.717) is 30.1 Å². The molecule has 4 rings (SSSR count). The number of hydrogen-bond donors (Lipinski definition) is 2. The van der Waals surface area contributed by atoms with E-state index in [2.05, 4.69) is 45.0 Å². The normalized spacial score (nSPS) is 24.0. The van der Waals surface area contributed by atoms with Crippen LogP contribution in [0.3, 0.4) is 0 Å². The summed E-state index contributed by atoms with van der Waals surface area (Å²) < 4.78 is 5.12. The number of aromatic nitrogens is 2. The number of carbonyl (C=O) groups is 1. The minimum absolute atomic E-state index is 0.136. The monoisotopic (exact) mass is 340 g/mol. The van der Waals surface area contributed by atoms with Gasteiger partial charge in [-0.25, -0.2) is 4.79 Å². The average molecular weight is 340 g/mol. The molecule has 0 unspecified atom stereocenters. The number of hydrogen-bond acceptors (Lipinski definition) is 4. The molecule has 0 radical (unpaired) electrons. The number of rotatable bonds is 5. The van der Waals surface area contributed by atoms with Crippen molar-refractivity contribution in [1.82, 2.24) is 20.8 Å². The van der Waals surface area contributed by atoms with E-state index in [9.17, 15) is 4.79 Å². The summed E-state index contributed by atoms with van der Waals surface area (Å²) in [5.41, 5.74) is 0.883. The van der Waals surface area contributed by atoms with Crippen LogP contribution in [0.5, 0.6) is 0 Å². The maximum absolute atomic E-state index is 12.5. The predicted molar refractivity (Wildman–Crippen MR) is 93.0 cm³/mol. The maximum Gasteiger partial charge on any atom is 0.315 e. The van der Waals surface area contributed by atoms with Crippen molar-refractivity contribution in [3.63, 3.8) is 0 Å². The van der Waals surface area contributed by atoms with E-state index in [0.717, 1.165) is 32.1 Å². The molecule has 2 aliphatic rings. The van der Waals surface area contributed by atoms with Crippen LogP contribution >= 0.6 is 0 Å². The van der Waals surface area contributed by atoms with Crippen LogP contribution in [0.1, 0.15) is 55.3 Å². The van der Waals surface area contributed by atoms with Gasteiger partial charge in [-0.1, -0.05) is 48.3 Å². The Kier molecular flexibility index (Phi) is 4.19. The molecule has 0 bridgehead atoms. The van der Waals surface area contributed by atoms with E-state index >= 15 is 0 Å². The highest BCUT2D eigenvalue weighted by Crippen LogP contribution is 2.46. The molecule has 2 atom stereocenters. The number of carbonyl (C=O) groups excluding carboxylic acids is 1. The fraction of sp³-hybridized carbons (Fsp3) is 0.526. The first-order chi connectivity index (χ1) is 12.2. The standard InChI is InChI=1S/C19H24N4O2/c1-13-21-17(23-25-13)19(9-5-6-10-19)22-18(24)20-12-15-11-16(15)14-7-3-2-4-8-14/h2-4,7-8,15-16H,5-6,9-12H2,1H3,(H2,20,22,24)/t15-,16+/m1/s1. The van der Waals surface area contributed by atoms with Crippen LogP contribution in [0, 0.1) is 12.8 Å². The topological polar surface area (TPSA) is 80.0 Å². The Morgan fingerprint density at radius 2 is 2.04 bits per heavy atom. The van der Waals surface area contributed by atoms with Crippen molar-refractivity contribution in [2.45, 2.75) is 50.5 Å². The van der Waals surface area contributed by atoms with Crippen molar-refractivity contribution in [3.8, 4) is 0 Å². The zero-order valence-electron chi connectivity index (χ0n) is 14.5. The number of benzene rings is 1.